The Hall–Kier alpha value is -2.80. The number of sulfone groups is 1. The number of nitrogens with one attached hydrogen (secondary N) is 2. The van der Waals surface area contributed by atoms with Crippen molar-refractivity contribution in [1.82, 2.24) is 10.6 Å². The van der Waals surface area contributed by atoms with Crippen molar-refractivity contribution in [3.63, 3.8) is 0 Å². The minimum atomic E-state index is -3.03. The van der Waals surface area contributed by atoms with Crippen LogP contribution in [0.1, 0.15) is 29.4 Å². The fourth-order valence-electron chi connectivity index (χ4n) is 3.11. The number of fused-ring (bicyclic) bond motifs is 1. The zero-order valence-corrected chi connectivity index (χ0v) is 17.8. The summed E-state index contributed by atoms with van der Waals surface area (Å²) in [5, 5.41) is 7.68. The number of aliphatic imine (C=N–C) groups is 1. The first-order chi connectivity index (χ1) is 13.9. The summed E-state index contributed by atoms with van der Waals surface area (Å²) < 4.78 is 28.7. The predicted octanol–water partition coefficient (Wildman–Crippen LogP) is 3.54. The van der Waals surface area contributed by atoms with Crippen LogP contribution in [0.15, 0.2) is 57.9 Å². The van der Waals surface area contributed by atoms with E-state index in [2.05, 4.69) is 28.6 Å². The van der Waals surface area contributed by atoms with E-state index in [-0.39, 0.29) is 5.75 Å². The molecule has 0 saturated heterocycles. The molecule has 0 fully saturated rings. The van der Waals surface area contributed by atoms with E-state index >= 15 is 0 Å². The monoisotopic (exact) mass is 413 g/mol. The third-order valence-corrected chi connectivity index (χ3v) is 5.43. The van der Waals surface area contributed by atoms with Crippen molar-refractivity contribution in [2.75, 3.05) is 12.8 Å². The smallest absolute Gasteiger partial charge is 0.191 e. The quantitative estimate of drug-likeness (QED) is 0.457. The molecule has 3 rings (SSSR count). The van der Waals surface area contributed by atoms with Crippen molar-refractivity contribution < 1.29 is 12.8 Å². The van der Waals surface area contributed by atoms with Crippen molar-refractivity contribution in [3.8, 4) is 0 Å². The Balaban J connectivity index is 1.65. The molecule has 0 unspecified atom stereocenters. The van der Waals surface area contributed by atoms with Gasteiger partial charge in [-0.05, 0) is 31.0 Å². The highest BCUT2D eigenvalue weighted by atomic mass is 32.2. The third-order valence-electron chi connectivity index (χ3n) is 4.57. The number of hydrogen-bond donors (Lipinski definition) is 2. The van der Waals surface area contributed by atoms with E-state index in [0.29, 0.717) is 19.0 Å². The lowest BCUT2D eigenvalue weighted by molar-refractivity contribution is 0.534. The first kappa shape index (κ1) is 20.9. The van der Waals surface area contributed by atoms with Crippen LogP contribution < -0.4 is 10.6 Å². The second-order valence-electron chi connectivity index (χ2n) is 7.08. The molecule has 2 aromatic carbocycles. The van der Waals surface area contributed by atoms with E-state index < -0.39 is 9.84 Å². The predicted molar refractivity (Wildman–Crippen MR) is 118 cm³/mol. The maximum Gasteiger partial charge on any atom is 0.191 e. The highest BCUT2D eigenvalue weighted by Crippen LogP contribution is 2.24. The van der Waals surface area contributed by atoms with Gasteiger partial charge in [-0.3, -0.25) is 0 Å². The van der Waals surface area contributed by atoms with Gasteiger partial charge < -0.3 is 15.1 Å². The first-order valence-electron chi connectivity index (χ1n) is 9.60. The average molecular weight is 414 g/mol. The van der Waals surface area contributed by atoms with Crippen LogP contribution in [0.2, 0.25) is 0 Å². The van der Waals surface area contributed by atoms with Gasteiger partial charge in [0.2, 0.25) is 0 Å². The molecular formula is C22H27N3O3S. The normalized spacial score (nSPS) is 12.3. The van der Waals surface area contributed by atoms with Crippen molar-refractivity contribution in [2.45, 2.75) is 32.7 Å². The van der Waals surface area contributed by atoms with Crippen molar-refractivity contribution in [1.29, 1.82) is 0 Å². The van der Waals surface area contributed by atoms with E-state index in [4.69, 9.17) is 4.42 Å². The Bertz CT molecular complexity index is 1100. The van der Waals surface area contributed by atoms with Crippen LogP contribution in [-0.2, 0) is 28.7 Å². The standard InChI is InChI=1S/C22H27N3O3S/c1-4-23-22(24-13-17-9-11-18(12-10-17)15-29(3,26)27)25-14-21-16(2)19-7-5-6-8-20(19)28-21/h5-12H,4,13-15H2,1-3H3,(H2,23,24,25). The van der Waals surface area contributed by atoms with Crippen LogP contribution in [0.25, 0.3) is 11.0 Å². The zero-order chi connectivity index (χ0) is 20.9. The molecule has 0 atom stereocenters. The molecule has 0 bridgehead atoms. The van der Waals surface area contributed by atoms with E-state index in [1.807, 2.05) is 49.4 Å². The van der Waals surface area contributed by atoms with Gasteiger partial charge in [0.25, 0.3) is 0 Å². The third kappa shape index (κ3) is 5.84. The topological polar surface area (TPSA) is 83.7 Å². The molecule has 2 N–H and O–H groups in total. The molecule has 1 heterocycles. The number of furan rings is 1. The summed E-state index contributed by atoms with van der Waals surface area (Å²) in [4.78, 5) is 4.62. The molecule has 3 aromatic rings. The Kier molecular flexibility index (Phi) is 6.59. The number of benzene rings is 2. The SMILES string of the molecule is CCNC(=NCc1ccc(CS(C)(=O)=O)cc1)NCc1oc2ccccc2c1C. The average Bonchev–Trinajstić information content (AvgIpc) is 3.00. The second kappa shape index (κ2) is 9.13. The lowest BCUT2D eigenvalue weighted by Crippen LogP contribution is -2.36. The molecule has 6 nitrogen and oxygen atoms in total. The Morgan fingerprint density at radius 1 is 1.03 bits per heavy atom. The fraction of sp³-hybridized carbons (Fsp3) is 0.318. The largest absolute Gasteiger partial charge is 0.459 e. The van der Waals surface area contributed by atoms with E-state index in [1.54, 1.807) is 0 Å². The van der Waals surface area contributed by atoms with Crippen molar-refractivity contribution in [2.24, 2.45) is 4.99 Å². The molecule has 29 heavy (non-hydrogen) atoms. The van der Waals surface area contributed by atoms with Crippen LogP contribution in [0, 0.1) is 6.92 Å². The van der Waals surface area contributed by atoms with Crippen molar-refractivity contribution >= 4 is 26.8 Å². The van der Waals surface area contributed by atoms with Gasteiger partial charge in [-0.1, -0.05) is 42.5 Å². The van der Waals surface area contributed by atoms with Gasteiger partial charge >= 0.3 is 0 Å². The molecule has 0 radical (unpaired) electrons. The summed E-state index contributed by atoms with van der Waals surface area (Å²) in [6.45, 7) is 5.86. The minimum absolute atomic E-state index is 0.0532. The number of hydrogen-bond acceptors (Lipinski definition) is 4. The number of aryl methyl sites for hydroxylation is 1. The lowest BCUT2D eigenvalue weighted by Gasteiger charge is -2.11. The maximum absolute atomic E-state index is 11.4. The summed E-state index contributed by atoms with van der Waals surface area (Å²) in [6.07, 6.45) is 1.24. The molecule has 0 aliphatic carbocycles. The van der Waals surface area contributed by atoms with Gasteiger partial charge in [-0.15, -0.1) is 0 Å². The van der Waals surface area contributed by atoms with Gasteiger partial charge in [0, 0.05) is 23.8 Å². The number of nitrogens with zero attached hydrogens (tertiary/aromatic N) is 1. The zero-order valence-electron chi connectivity index (χ0n) is 17.0. The highest BCUT2D eigenvalue weighted by Gasteiger charge is 2.10. The van der Waals surface area contributed by atoms with Crippen LogP contribution in [-0.4, -0.2) is 27.2 Å². The maximum atomic E-state index is 11.4. The molecule has 0 aliphatic heterocycles. The van der Waals surface area contributed by atoms with E-state index in [1.165, 1.54) is 6.26 Å². The van der Waals surface area contributed by atoms with Gasteiger partial charge in [0.15, 0.2) is 15.8 Å². The first-order valence-corrected chi connectivity index (χ1v) is 11.7. The van der Waals surface area contributed by atoms with Crippen LogP contribution in [0.3, 0.4) is 0 Å². The van der Waals surface area contributed by atoms with E-state index in [9.17, 15) is 8.42 Å². The Morgan fingerprint density at radius 3 is 2.38 bits per heavy atom. The van der Waals surface area contributed by atoms with Crippen LogP contribution in [0.5, 0.6) is 0 Å². The fourth-order valence-corrected chi connectivity index (χ4v) is 3.91. The molecule has 1 aromatic heterocycles. The minimum Gasteiger partial charge on any atom is -0.459 e. The second-order valence-corrected chi connectivity index (χ2v) is 9.22. The summed E-state index contributed by atoms with van der Waals surface area (Å²) in [7, 11) is -3.03. The summed E-state index contributed by atoms with van der Waals surface area (Å²) >= 11 is 0. The number of para-hydroxylation sites is 1. The Labute approximate surface area is 172 Å². The van der Waals surface area contributed by atoms with Gasteiger partial charge in [-0.2, -0.15) is 0 Å². The van der Waals surface area contributed by atoms with Gasteiger partial charge in [-0.25, -0.2) is 13.4 Å². The molecule has 0 spiro atoms. The van der Waals surface area contributed by atoms with Crippen molar-refractivity contribution in [3.05, 3.63) is 71.0 Å². The summed E-state index contributed by atoms with van der Waals surface area (Å²) in [5.74, 6) is 1.65. The van der Waals surface area contributed by atoms with E-state index in [0.717, 1.165) is 40.0 Å². The van der Waals surface area contributed by atoms with Crippen LogP contribution in [0.4, 0.5) is 0 Å². The number of guanidine groups is 1. The summed E-state index contributed by atoms with van der Waals surface area (Å²) in [5.41, 5.74) is 3.81. The highest BCUT2D eigenvalue weighted by molar-refractivity contribution is 7.89. The number of rotatable bonds is 7. The van der Waals surface area contributed by atoms with Crippen LogP contribution >= 0.6 is 0 Å². The molecule has 0 amide bonds. The summed E-state index contributed by atoms with van der Waals surface area (Å²) in [6, 6.07) is 15.5. The molecular weight excluding hydrogens is 386 g/mol. The molecule has 0 saturated carbocycles. The van der Waals surface area contributed by atoms with Gasteiger partial charge in [0.05, 0.1) is 18.8 Å². The Morgan fingerprint density at radius 2 is 1.72 bits per heavy atom. The molecule has 154 valence electrons. The van der Waals surface area contributed by atoms with Gasteiger partial charge in [0.1, 0.15) is 11.3 Å². The molecule has 0 aliphatic rings. The molecule has 7 heteroatoms. The lowest BCUT2D eigenvalue weighted by atomic mass is 10.1.